The molecule has 3 heterocycles. The van der Waals surface area contributed by atoms with Crippen LogP contribution >= 0.6 is 18.1 Å². The number of nitrogens with zero attached hydrogens (tertiary/aromatic N) is 3. The van der Waals surface area contributed by atoms with Crippen molar-refractivity contribution in [3.63, 3.8) is 0 Å². The van der Waals surface area contributed by atoms with Gasteiger partial charge in [0.1, 0.15) is 23.9 Å². The van der Waals surface area contributed by atoms with E-state index in [2.05, 4.69) is 20.0 Å². The Bertz CT molecular complexity index is 1140. The minimum atomic E-state index is -3.61. The van der Waals surface area contributed by atoms with E-state index < -0.39 is 48.3 Å². The Balaban J connectivity index is 1.79. The number of rotatable bonds is 10. The predicted molar refractivity (Wildman–Crippen MR) is 124 cm³/mol. The van der Waals surface area contributed by atoms with Crippen LogP contribution in [0.5, 0.6) is 0 Å². The molecule has 190 valence electrons. The highest BCUT2D eigenvalue weighted by Crippen LogP contribution is 2.56. The first-order valence-electron chi connectivity index (χ1n) is 10.5. The number of nitrogens with one attached hydrogen (secondary N) is 2. The number of carbonyl (C=O) groups is 1. The smallest absolute Gasteiger partial charge is 0.327 e. The van der Waals surface area contributed by atoms with Gasteiger partial charge in [-0.1, -0.05) is 18.3 Å². The number of hydrogen-bond acceptors (Lipinski definition) is 12. The number of nitrogen functional groups attached to an aromatic ring is 1. The molecule has 0 bridgehead atoms. The number of nitrogens with two attached hydrogens (primary N) is 1. The van der Waals surface area contributed by atoms with Crippen molar-refractivity contribution in [2.24, 2.45) is 0 Å². The molecular weight excluding hydrogens is 491 g/mol. The minimum absolute atomic E-state index is 0.0243. The topological polar surface area (TPSA) is 204 Å². The highest BCUT2D eigenvalue weighted by molar-refractivity contribution is 8.56. The van der Waals surface area contributed by atoms with Gasteiger partial charge >= 0.3 is 12.7 Å². The van der Waals surface area contributed by atoms with Crippen LogP contribution in [0.2, 0.25) is 0 Å². The molecule has 1 saturated heterocycles. The number of fused-ring (bicyclic) bond motifs is 1. The third kappa shape index (κ3) is 5.30. The second kappa shape index (κ2) is 10.3. The summed E-state index contributed by atoms with van der Waals surface area (Å²) in [6.07, 6.45) is -2.54. The molecule has 14 nitrogen and oxygen atoms in total. The van der Waals surface area contributed by atoms with Gasteiger partial charge in [0, 0.05) is 5.75 Å². The zero-order chi connectivity index (χ0) is 25.3. The van der Waals surface area contributed by atoms with Crippen molar-refractivity contribution in [1.82, 2.24) is 24.6 Å². The lowest BCUT2D eigenvalue weighted by Gasteiger charge is -2.27. The number of ether oxygens (including phenoxy) is 2. The van der Waals surface area contributed by atoms with Gasteiger partial charge in [0.15, 0.2) is 17.4 Å². The molecule has 0 aromatic carbocycles. The summed E-state index contributed by atoms with van der Waals surface area (Å²) < 4.78 is 30.9. The molecule has 6 atom stereocenters. The molecule has 16 heteroatoms. The number of aliphatic hydroxyl groups is 2. The minimum Gasteiger partial charge on any atom is -0.465 e. The molecule has 0 saturated carbocycles. The fraction of sp³-hybridized carbons (Fsp3) is 0.667. The first kappa shape index (κ1) is 26.6. The van der Waals surface area contributed by atoms with Crippen molar-refractivity contribution in [3.8, 4) is 0 Å². The van der Waals surface area contributed by atoms with Gasteiger partial charge in [-0.2, -0.15) is 4.98 Å². The monoisotopic (exact) mass is 520 g/mol. The summed E-state index contributed by atoms with van der Waals surface area (Å²) in [5.41, 5.74) is 3.23. The Labute approximate surface area is 198 Å². The number of aromatic amines is 1. The van der Waals surface area contributed by atoms with Gasteiger partial charge in [0.25, 0.3) is 5.56 Å². The van der Waals surface area contributed by atoms with E-state index >= 15 is 0 Å². The van der Waals surface area contributed by atoms with E-state index in [1.54, 1.807) is 13.8 Å². The lowest BCUT2D eigenvalue weighted by molar-refractivity contribution is -0.144. The average Bonchev–Trinajstić information content (AvgIpc) is 3.26. The summed E-state index contributed by atoms with van der Waals surface area (Å²) in [5, 5.41) is 24.4. The van der Waals surface area contributed by atoms with E-state index in [-0.39, 0.29) is 30.3 Å². The number of imidazole rings is 1. The highest BCUT2D eigenvalue weighted by atomic mass is 32.7. The maximum Gasteiger partial charge on any atom is 0.327 e. The molecular formula is C18H29N6O8PS. The molecule has 34 heavy (non-hydrogen) atoms. The number of anilines is 1. The third-order valence-electron chi connectivity index (χ3n) is 5.16. The third-order valence-corrected chi connectivity index (χ3v) is 9.38. The van der Waals surface area contributed by atoms with E-state index in [0.717, 1.165) is 11.4 Å². The zero-order valence-corrected chi connectivity index (χ0v) is 20.8. The van der Waals surface area contributed by atoms with Gasteiger partial charge < -0.3 is 29.9 Å². The van der Waals surface area contributed by atoms with E-state index in [0.29, 0.717) is 5.75 Å². The van der Waals surface area contributed by atoms with E-state index in [1.165, 1.54) is 24.7 Å². The van der Waals surface area contributed by atoms with Gasteiger partial charge in [-0.05, 0) is 20.8 Å². The van der Waals surface area contributed by atoms with Gasteiger partial charge in [-0.15, -0.1) is 0 Å². The first-order valence-corrected chi connectivity index (χ1v) is 13.8. The van der Waals surface area contributed by atoms with Crippen molar-refractivity contribution < 1.29 is 33.6 Å². The standard InChI is InChI=1S/C18H29N6O8PS/c1-5-30-15(27)9(3)23-33(29,34-6-2)31-7-10-12(25)18(4,28)16(32-10)24-8-20-11-13(24)21-17(19)22-14(11)26/h8-10,12,16,25,28H,5-7H2,1-4H3,(H,23,29)(H3,19,21,22,26)/t9-,10-,12-,16-,18-,33-/m1/s1. The molecule has 0 spiro atoms. The molecule has 1 fully saturated rings. The lowest BCUT2D eigenvalue weighted by Crippen LogP contribution is -2.44. The van der Waals surface area contributed by atoms with Crippen LogP contribution in [0.25, 0.3) is 11.2 Å². The second-order valence-electron chi connectivity index (χ2n) is 7.79. The van der Waals surface area contributed by atoms with E-state index in [1.807, 2.05) is 0 Å². The summed E-state index contributed by atoms with van der Waals surface area (Å²) in [6, 6.07) is -0.901. The van der Waals surface area contributed by atoms with Crippen molar-refractivity contribution in [3.05, 3.63) is 16.7 Å². The van der Waals surface area contributed by atoms with E-state index in [9.17, 15) is 24.4 Å². The normalized spacial score (nSPS) is 27.5. The van der Waals surface area contributed by atoms with Crippen LogP contribution in [0.3, 0.4) is 0 Å². The van der Waals surface area contributed by atoms with Crippen LogP contribution < -0.4 is 16.4 Å². The predicted octanol–water partition coefficient (Wildman–Crippen LogP) is 0.130. The van der Waals surface area contributed by atoms with Gasteiger partial charge in [-0.3, -0.25) is 23.7 Å². The van der Waals surface area contributed by atoms with Gasteiger partial charge in [0.2, 0.25) is 5.95 Å². The number of carbonyl (C=O) groups excluding carboxylic acids is 1. The summed E-state index contributed by atoms with van der Waals surface area (Å²) in [7, 11) is 0. The fourth-order valence-corrected chi connectivity index (χ4v) is 7.11. The largest absolute Gasteiger partial charge is 0.465 e. The van der Waals surface area contributed by atoms with Crippen LogP contribution in [0.4, 0.5) is 5.95 Å². The Morgan fingerprint density at radius 3 is 2.88 bits per heavy atom. The van der Waals surface area contributed by atoms with Crippen molar-refractivity contribution in [1.29, 1.82) is 0 Å². The molecule has 3 rings (SSSR count). The maximum absolute atomic E-state index is 13.3. The Morgan fingerprint density at radius 1 is 1.53 bits per heavy atom. The average molecular weight is 521 g/mol. The van der Waals surface area contributed by atoms with Crippen LogP contribution in [-0.2, 0) is 23.4 Å². The Kier molecular flexibility index (Phi) is 8.07. The molecule has 0 radical (unpaired) electrons. The number of H-pyrrole nitrogens is 1. The number of hydrogen-bond donors (Lipinski definition) is 5. The van der Waals surface area contributed by atoms with Crippen LogP contribution in [0.15, 0.2) is 11.1 Å². The highest BCUT2D eigenvalue weighted by Gasteiger charge is 2.54. The maximum atomic E-state index is 13.3. The Morgan fingerprint density at radius 2 is 2.24 bits per heavy atom. The zero-order valence-electron chi connectivity index (χ0n) is 19.1. The van der Waals surface area contributed by atoms with E-state index in [4.69, 9.17) is 19.7 Å². The van der Waals surface area contributed by atoms with Crippen molar-refractivity contribution in [2.45, 2.75) is 57.8 Å². The molecule has 0 amide bonds. The number of aliphatic hydroxyl groups excluding tert-OH is 1. The quantitative estimate of drug-likeness (QED) is 0.209. The SMILES string of the molecule is CCOC(=O)[C@@H](C)N[P@@](=O)(OC[C@H]1O[C@@H](n2cnc3c(=O)[nH]c(N)nc32)[C@](C)(O)[C@@H]1O)SCC. The van der Waals surface area contributed by atoms with Crippen molar-refractivity contribution >= 4 is 41.2 Å². The lowest BCUT2D eigenvalue weighted by atomic mass is 9.96. The number of esters is 1. The first-order chi connectivity index (χ1) is 15.9. The summed E-state index contributed by atoms with van der Waals surface area (Å²) in [6.45, 7) is 2.46. The molecule has 1 aliphatic rings. The Hall–Kier alpha value is -2.00. The van der Waals surface area contributed by atoms with Crippen molar-refractivity contribution in [2.75, 3.05) is 24.7 Å². The second-order valence-corrected chi connectivity index (χ2v) is 12.4. The molecule has 2 aromatic heterocycles. The number of aromatic nitrogens is 4. The summed E-state index contributed by atoms with van der Waals surface area (Å²) in [4.78, 5) is 34.4. The van der Waals surface area contributed by atoms with Crippen LogP contribution in [-0.4, -0.2) is 78.5 Å². The molecule has 0 aliphatic carbocycles. The molecule has 2 aromatic rings. The molecule has 0 unspecified atom stereocenters. The van der Waals surface area contributed by atoms with Gasteiger partial charge in [-0.25, -0.2) is 10.1 Å². The molecule has 1 aliphatic heterocycles. The summed E-state index contributed by atoms with van der Waals surface area (Å²) >= 11 is 0.968. The summed E-state index contributed by atoms with van der Waals surface area (Å²) in [5.74, 6) is -0.328. The van der Waals surface area contributed by atoms with Gasteiger partial charge in [0.05, 0.1) is 19.5 Å². The fourth-order valence-electron chi connectivity index (χ4n) is 3.50. The van der Waals surface area contributed by atoms with Crippen LogP contribution in [0, 0.1) is 0 Å². The molecule has 6 N–H and O–H groups in total. The van der Waals surface area contributed by atoms with Crippen LogP contribution in [0.1, 0.15) is 33.9 Å².